The van der Waals surface area contributed by atoms with Gasteiger partial charge in [-0.3, -0.25) is 15.0 Å². The average Bonchev–Trinajstić information content (AvgIpc) is 2.76. The van der Waals surface area contributed by atoms with E-state index >= 15 is 0 Å². The first-order chi connectivity index (χ1) is 15.3. The van der Waals surface area contributed by atoms with E-state index in [0.29, 0.717) is 24.1 Å². The summed E-state index contributed by atoms with van der Waals surface area (Å²) in [5.41, 5.74) is 11.1. The number of amides is 1. The molecule has 8 heteroatoms. The highest BCUT2D eigenvalue weighted by Gasteiger charge is 2.42. The number of rotatable bonds is 3. The quantitative estimate of drug-likeness (QED) is 0.728. The van der Waals surface area contributed by atoms with Crippen molar-refractivity contribution in [1.82, 2.24) is 10.4 Å². The van der Waals surface area contributed by atoms with Gasteiger partial charge >= 0.3 is 0 Å². The van der Waals surface area contributed by atoms with E-state index < -0.39 is 17.6 Å². The number of nitrogens with two attached hydrogens (primary N) is 1. The van der Waals surface area contributed by atoms with E-state index in [-0.39, 0.29) is 39.8 Å². The highest BCUT2D eigenvalue weighted by molar-refractivity contribution is 6.31. The van der Waals surface area contributed by atoms with Crippen molar-refractivity contribution >= 4 is 23.3 Å². The molecule has 1 aliphatic heterocycles. The van der Waals surface area contributed by atoms with Gasteiger partial charge in [-0.2, -0.15) is 5.26 Å². The zero-order valence-corrected chi connectivity index (χ0v) is 18.0. The lowest BCUT2D eigenvalue weighted by atomic mass is 9.76. The molecule has 32 heavy (non-hydrogen) atoms. The predicted molar refractivity (Wildman–Crippen MR) is 117 cm³/mol. The number of carbonyl (C=O) groups excluding carboxylic acids is 2. The highest BCUT2D eigenvalue weighted by atomic mass is 35.5. The molecule has 0 spiro atoms. The zero-order chi connectivity index (χ0) is 23.0. The van der Waals surface area contributed by atoms with Gasteiger partial charge in [-0.15, -0.1) is 0 Å². The van der Waals surface area contributed by atoms with Crippen LogP contribution in [-0.2, 0) is 4.79 Å². The molecule has 1 aliphatic carbocycles. The monoisotopic (exact) mass is 450 g/mol. The normalized spacial score (nSPS) is 18.4. The van der Waals surface area contributed by atoms with Gasteiger partial charge in [-0.25, -0.2) is 9.40 Å². The number of nitrogens with one attached hydrogen (secondary N) is 1. The number of allylic oxidation sites excluding steroid dienone is 3. The van der Waals surface area contributed by atoms with Crippen molar-refractivity contribution in [2.24, 2.45) is 5.73 Å². The first-order valence-corrected chi connectivity index (χ1v) is 10.5. The Labute approximate surface area is 189 Å². The van der Waals surface area contributed by atoms with Gasteiger partial charge in [0.25, 0.3) is 5.91 Å². The summed E-state index contributed by atoms with van der Waals surface area (Å²) in [7, 11) is 0. The van der Waals surface area contributed by atoms with Crippen LogP contribution in [0.4, 0.5) is 4.39 Å². The molecule has 6 nitrogen and oxygen atoms in total. The third-order valence-electron chi connectivity index (χ3n) is 5.73. The number of hydrogen-bond donors (Lipinski definition) is 2. The maximum atomic E-state index is 14.8. The van der Waals surface area contributed by atoms with Crippen LogP contribution in [0, 0.1) is 24.1 Å². The minimum atomic E-state index is -1.04. The Balaban J connectivity index is 1.85. The van der Waals surface area contributed by atoms with Crippen LogP contribution in [0.3, 0.4) is 0 Å². The van der Waals surface area contributed by atoms with Crippen molar-refractivity contribution in [3.05, 3.63) is 92.7 Å². The topological polar surface area (TPSA) is 99.2 Å². The molecule has 1 heterocycles. The number of aryl methyl sites for hydroxylation is 1. The average molecular weight is 451 g/mol. The fraction of sp³-hybridized carbons (Fsp3) is 0.208. The number of hydrazine groups is 1. The summed E-state index contributed by atoms with van der Waals surface area (Å²) in [6, 6.07) is 13.1. The largest absolute Gasteiger partial charge is 0.383 e. The summed E-state index contributed by atoms with van der Waals surface area (Å²) in [6.07, 6.45) is 1.22. The third-order valence-corrected chi connectivity index (χ3v) is 6.06. The molecule has 1 amide bonds. The van der Waals surface area contributed by atoms with Gasteiger partial charge in [-0.1, -0.05) is 35.4 Å². The number of nitriles is 1. The van der Waals surface area contributed by atoms with E-state index in [4.69, 9.17) is 17.3 Å². The summed E-state index contributed by atoms with van der Waals surface area (Å²) in [6.45, 7) is 1.91. The summed E-state index contributed by atoms with van der Waals surface area (Å²) in [5, 5.41) is 11.3. The Kier molecular flexibility index (Phi) is 5.72. The minimum absolute atomic E-state index is 0.0286. The van der Waals surface area contributed by atoms with Crippen molar-refractivity contribution < 1.29 is 14.0 Å². The van der Waals surface area contributed by atoms with E-state index in [1.165, 1.54) is 23.2 Å². The van der Waals surface area contributed by atoms with Gasteiger partial charge in [-0.05, 0) is 44.0 Å². The number of nitrogens with zero attached hydrogens (tertiary/aromatic N) is 2. The van der Waals surface area contributed by atoms with Crippen LogP contribution >= 0.6 is 11.6 Å². The molecule has 0 aromatic heterocycles. The summed E-state index contributed by atoms with van der Waals surface area (Å²) < 4.78 is 14.8. The maximum Gasteiger partial charge on any atom is 0.270 e. The molecule has 2 aliphatic rings. The number of Topliss-reactive ketones (excluding diaryl/α,β-unsaturated/α-hetero) is 1. The lowest BCUT2D eigenvalue weighted by Gasteiger charge is -2.39. The second kappa shape index (κ2) is 8.48. The lowest BCUT2D eigenvalue weighted by Crippen LogP contribution is -2.48. The molecular formula is C24H20ClFN4O2. The van der Waals surface area contributed by atoms with Gasteiger partial charge in [0.05, 0.1) is 17.6 Å². The molecule has 0 saturated heterocycles. The summed E-state index contributed by atoms with van der Waals surface area (Å²) in [5.74, 6) is -2.41. The second-order valence-electron chi connectivity index (χ2n) is 7.76. The van der Waals surface area contributed by atoms with Crippen molar-refractivity contribution in [2.45, 2.75) is 32.1 Å². The molecule has 2 aromatic rings. The fourth-order valence-electron chi connectivity index (χ4n) is 4.16. The number of halogens is 2. The molecule has 2 aromatic carbocycles. The van der Waals surface area contributed by atoms with Gasteiger partial charge in [0.1, 0.15) is 11.6 Å². The Bertz CT molecular complexity index is 1210. The van der Waals surface area contributed by atoms with Gasteiger partial charge < -0.3 is 5.73 Å². The van der Waals surface area contributed by atoms with E-state index in [9.17, 15) is 19.2 Å². The Morgan fingerprint density at radius 3 is 2.62 bits per heavy atom. The second-order valence-corrected chi connectivity index (χ2v) is 8.17. The number of benzene rings is 2. The van der Waals surface area contributed by atoms with Gasteiger partial charge in [0.2, 0.25) is 0 Å². The van der Waals surface area contributed by atoms with Crippen LogP contribution in [0.2, 0.25) is 5.02 Å². The van der Waals surface area contributed by atoms with Crippen LogP contribution < -0.4 is 11.2 Å². The molecule has 0 bridgehead atoms. The van der Waals surface area contributed by atoms with Crippen LogP contribution in [0.25, 0.3) is 0 Å². The van der Waals surface area contributed by atoms with Crippen molar-refractivity contribution in [1.29, 1.82) is 5.26 Å². The molecule has 1 unspecified atom stereocenters. The van der Waals surface area contributed by atoms with Crippen LogP contribution in [0.1, 0.15) is 46.7 Å². The van der Waals surface area contributed by atoms with Crippen molar-refractivity contribution in [3.8, 4) is 6.07 Å². The SMILES string of the molecule is Cc1ccc(C(=O)NN2C(N)=C(C#N)C(c3c(F)cccc3Cl)C3=C2CCCC3=O)cc1. The fourth-order valence-corrected chi connectivity index (χ4v) is 4.43. The van der Waals surface area contributed by atoms with Crippen LogP contribution in [0.15, 0.2) is 65.1 Å². The number of carbonyl (C=O) groups is 2. The molecule has 1 atom stereocenters. The van der Waals surface area contributed by atoms with Crippen LogP contribution in [0.5, 0.6) is 0 Å². The van der Waals surface area contributed by atoms with Crippen molar-refractivity contribution in [2.75, 3.05) is 0 Å². The summed E-state index contributed by atoms with van der Waals surface area (Å²) in [4.78, 5) is 25.9. The van der Waals surface area contributed by atoms with E-state index in [1.807, 2.05) is 13.0 Å². The minimum Gasteiger partial charge on any atom is -0.383 e. The van der Waals surface area contributed by atoms with E-state index in [0.717, 1.165) is 5.56 Å². The maximum absolute atomic E-state index is 14.8. The number of ketones is 1. The first kappa shape index (κ1) is 21.6. The molecule has 3 N–H and O–H groups in total. The molecule has 4 rings (SSSR count). The van der Waals surface area contributed by atoms with Gasteiger partial charge in [0, 0.05) is 33.8 Å². The highest BCUT2D eigenvalue weighted by Crippen LogP contribution is 2.46. The standard InChI is InChI=1S/C24H20ClFN4O2/c1-13-8-10-14(11-9-13)24(32)29-30-18-6-3-7-19(31)22(18)20(15(12-27)23(30)28)21-16(25)4-2-5-17(21)26/h2,4-5,8-11,20H,3,6-7,28H2,1H3,(H,29,32). The zero-order valence-electron chi connectivity index (χ0n) is 17.3. The third kappa shape index (κ3) is 3.63. The van der Waals surface area contributed by atoms with Gasteiger partial charge in [0.15, 0.2) is 5.78 Å². The smallest absolute Gasteiger partial charge is 0.270 e. The molecule has 0 fully saturated rings. The molecule has 0 saturated carbocycles. The summed E-state index contributed by atoms with van der Waals surface area (Å²) >= 11 is 6.30. The Hall–Kier alpha value is -3.63. The predicted octanol–water partition coefficient (Wildman–Crippen LogP) is 4.23. The van der Waals surface area contributed by atoms with Crippen molar-refractivity contribution in [3.63, 3.8) is 0 Å². The van der Waals surface area contributed by atoms with E-state index in [2.05, 4.69) is 5.43 Å². The number of hydrogen-bond acceptors (Lipinski definition) is 5. The Morgan fingerprint density at radius 1 is 1.25 bits per heavy atom. The van der Waals surface area contributed by atoms with Crippen LogP contribution in [-0.4, -0.2) is 16.7 Å². The lowest BCUT2D eigenvalue weighted by molar-refractivity contribution is -0.116. The van der Waals surface area contributed by atoms with E-state index in [1.54, 1.807) is 24.3 Å². The Morgan fingerprint density at radius 2 is 1.97 bits per heavy atom. The molecule has 162 valence electrons. The molecule has 0 radical (unpaired) electrons. The molecular weight excluding hydrogens is 431 g/mol. The first-order valence-electron chi connectivity index (χ1n) is 10.1.